The summed E-state index contributed by atoms with van der Waals surface area (Å²) >= 11 is 0. The lowest BCUT2D eigenvalue weighted by molar-refractivity contribution is -0.143. The normalized spacial score (nSPS) is 15.7. The highest BCUT2D eigenvalue weighted by molar-refractivity contribution is 5.97. The SMILES string of the molecule is CCCCCCCC(=O)N1CCN(C(=O)c2ccc(C(=O)OC(C)(C)C)cc2)C[C@@H]1C(=O)NCCCCCC. The Bertz CT molecular complexity index is 939. The van der Waals surface area contributed by atoms with Crippen molar-refractivity contribution >= 4 is 23.7 Å². The molecule has 0 radical (unpaired) electrons. The number of rotatable bonds is 14. The number of benzene rings is 1. The maximum absolute atomic E-state index is 13.3. The Morgan fingerprint density at radius 3 is 2.05 bits per heavy atom. The minimum Gasteiger partial charge on any atom is -0.456 e. The molecule has 1 aromatic carbocycles. The average molecular weight is 544 g/mol. The van der Waals surface area contributed by atoms with Crippen LogP contribution in [0.1, 0.15) is 120 Å². The Morgan fingerprint density at radius 2 is 1.44 bits per heavy atom. The molecule has 0 unspecified atom stereocenters. The summed E-state index contributed by atoms with van der Waals surface area (Å²) in [5.74, 6) is -0.896. The van der Waals surface area contributed by atoms with Crippen LogP contribution in [0.15, 0.2) is 24.3 Å². The molecule has 1 atom stereocenters. The van der Waals surface area contributed by atoms with E-state index in [1.165, 1.54) is 0 Å². The van der Waals surface area contributed by atoms with E-state index in [9.17, 15) is 19.2 Å². The van der Waals surface area contributed by atoms with Crippen molar-refractivity contribution in [2.24, 2.45) is 0 Å². The quantitative estimate of drug-likeness (QED) is 0.252. The van der Waals surface area contributed by atoms with E-state index in [1.54, 1.807) is 54.8 Å². The fraction of sp³-hybridized carbons (Fsp3) is 0.677. The minimum absolute atomic E-state index is 0.0218. The third-order valence-electron chi connectivity index (χ3n) is 6.88. The van der Waals surface area contributed by atoms with E-state index in [1.807, 2.05) is 0 Å². The zero-order valence-electron chi connectivity index (χ0n) is 24.7. The highest BCUT2D eigenvalue weighted by Gasteiger charge is 2.36. The van der Waals surface area contributed by atoms with Crippen molar-refractivity contribution in [3.8, 4) is 0 Å². The van der Waals surface area contributed by atoms with Crippen LogP contribution in [0.2, 0.25) is 0 Å². The van der Waals surface area contributed by atoms with E-state index >= 15 is 0 Å². The molecule has 218 valence electrons. The summed E-state index contributed by atoms with van der Waals surface area (Å²) in [4.78, 5) is 55.3. The van der Waals surface area contributed by atoms with E-state index in [-0.39, 0.29) is 24.3 Å². The van der Waals surface area contributed by atoms with Gasteiger partial charge in [-0.3, -0.25) is 14.4 Å². The largest absolute Gasteiger partial charge is 0.456 e. The van der Waals surface area contributed by atoms with Crippen LogP contribution in [-0.4, -0.2) is 71.3 Å². The van der Waals surface area contributed by atoms with E-state index < -0.39 is 17.6 Å². The standard InChI is InChI=1S/C31H49N3O5/c1-6-8-10-12-13-15-27(35)34-22-21-33(23-26(34)28(36)32-20-14-11-9-7-2)29(37)24-16-18-25(19-17-24)30(38)39-31(3,4)5/h16-19,26H,6-15,20-23H2,1-5H3,(H,32,36)/t26-/m1/s1. The second kappa shape index (κ2) is 16.3. The summed E-state index contributed by atoms with van der Waals surface area (Å²) in [6.45, 7) is 11.1. The van der Waals surface area contributed by atoms with Gasteiger partial charge in [0.05, 0.1) is 12.1 Å². The second-order valence-corrected chi connectivity index (χ2v) is 11.4. The first-order valence-electron chi connectivity index (χ1n) is 14.8. The Labute approximate surface area is 234 Å². The van der Waals surface area contributed by atoms with Gasteiger partial charge in [-0.1, -0.05) is 58.8 Å². The van der Waals surface area contributed by atoms with Gasteiger partial charge in [-0.15, -0.1) is 0 Å². The van der Waals surface area contributed by atoms with Crippen LogP contribution in [0.4, 0.5) is 0 Å². The van der Waals surface area contributed by atoms with E-state index in [2.05, 4.69) is 19.2 Å². The minimum atomic E-state index is -0.710. The van der Waals surface area contributed by atoms with Crippen molar-refractivity contribution in [3.63, 3.8) is 0 Å². The Hall–Kier alpha value is -2.90. The monoisotopic (exact) mass is 543 g/mol. The van der Waals surface area contributed by atoms with Gasteiger partial charge in [0.2, 0.25) is 11.8 Å². The summed E-state index contributed by atoms with van der Waals surface area (Å²) in [6, 6.07) is 5.68. The summed E-state index contributed by atoms with van der Waals surface area (Å²) in [5.41, 5.74) is 0.192. The molecule has 2 rings (SSSR count). The van der Waals surface area contributed by atoms with Gasteiger partial charge in [0.1, 0.15) is 11.6 Å². The number of ether oxygens (including phenoxy) is 1. The number of amides is 3. The highest BCUT2D eigenvalue weighted by Crippen LogP contribution is 2.18. The molecule has 1 saturated heterocycles. The van der Waals surface area contributed by atoms with Crippen LogP contribution in [0, 0.1) is 0 Å². The molecule has 1 aliphatic rings. The molecule has 0 saturated carbocycles. The topological polar surface area (TPSA) is 96.0 Å². The van der Waals surface area contributed by atoms with E-state index in [4.69, 9.17) is 4.74 Å². The fourth-order valence-corrected chi connectivity index (χ4v) is 4.66. The second-order valence-electron chi connectivity index (χ2n) is 11.4. The van der Waals surface area contributed by atoms with Gasteiger partial charge in [0.15, 0.2) is 0 Å². The molecule has 39 heavy (non-hydrogen) atoms. The van der Waals surface area contributed by atoms with Gasteiger partial charge in [0, 0.05) is 31.6 Å². The average Bonchev–Trinajstić information content (AvgIpc) is 2.91. The van der Waals surface area contributed by atoms with Crippen molar-refractivity contribution in [2.45, 2.75) is 110 Å². The lowest BCUT2D eigenvalue weighted by Crippen LogP contribution is -2.61. The van der Waals surface area contributed by atoms with E-state index in [0.29, 0.717) is 37.2 Å². The summed E-state index contributed by atoms with van der Waals surface area (Å²) in [7, 11) is 0. The van der Waals surface area contributed by atoms with E-state index in [0.717, 1.165) is 57.8 Å². The summed E-state index contributed by atoms with van der Waals surface area (Å²) in [5, 5.41) is 3.00. The predicted molar refractivity (Wildman–Crippen MR) is 154 cm³/mol. The molecule has 1 aromatic rings. The highest BCUT2D eigenvalue weighted by atomic mass is 16.6. The first-order valence-corrected chi connectivity index (χ1v) is 14.8. The summed E-state index contributed by atoms with van der Waals surface area (Å²) in [6.07, 6.45) is 9.84. The lowest BCUT2D eigenvalue weighted by Gasteiger charge is -2.40. The van der Waals surface area contributed by atoms with Crippen molar-refractivity contribution in [3.05, 3.63) is 35.4 Å². The number of nitrogens with one attached hydrogen (secondary N) is 1. The van der Waals surface area contributed by atoms with Crippen LogP contribution in [-0.2, 0) is 14.3 Å². The number of unbranched alkanes of at least 4 members (excludes halogenated alkanes) is 7. The van der Waals surface area contributed by atoms with Gasteiger partial charge < -0.3 is 19.9 Å². The number of hydrogen-bond donors (Lipinski definition) is 1. The van der Waals surface area contributed by atoms with Crippen molar-refractivity contribution < 1.29 is 23.9 Å². The molecule has 0 bridgehead atoms. The fourth-order valence-electron chi connectivity index (χ4n) is 4.66. The number of carbonyl (C=O) groups is 4. The molecule has 3 amide bonds. The Kier molecular flexibility index (Phi) is 13.5. The maximum atomic E-state index is 13.3. The van der Waals surface area contributed by atoms with Crippen LogP contribution >= 0.6 is 0 Å². The molecule has 1 heterocycles. The predicted octanol–water partition coefficient (Wildman–Crippen LogP) is 5.35. The van der Waals surface area contributed by atoms with Gasteiger partial charge in [-0.25, -0.2) is 4.79 Å². The van der Waals surface area contributed by atoms with Crippen LogP contribution in [0.5, 0.6) is 0 Å². The number of piperazine rings is 1. The molecule has 0 aromatic heterocycles. The van der Waals surface area contributed by atoms with Crippen LogP contribution in [0.3, 0.4) is 0 Å². The third-order valence-corrected chi connectivity index (χ3v) is 6.88. The molecule has 1 N–H and O–H groups in total. The van der Waals surface area contributed by atoms with Crippen LogP contribution in [0.25, 0.3) is 0 Å². The molecule has 0 aliphatic carbocycles. The van der Waals surface area contributed by atoms with Crippen molar-refractivity contribution in [1.82, 2.24) is 15.1 Å². The van der Waals surface area contributed by atoms with Crippen molar-refractivity contribution in [2.75, 3.05) is 26.2 Å². The first-order chi connectivity index (χ1) is 18.6. The van der Waals surface area contributed by atoms with Gasteiger partial charge >= 0.3 is 5.97 Å². The molecule has 1 aliphatic heterocycles. The van der Waals surface area contributed by atoms with Gasteiger partial charge in [-0.05, 0) is 57.9 Å². The Balaban J connectivity index is 2.07. The van der Waals surface area contributed by atoms with Gasteiger partial charge in [0.25, 0.3) is 5.91 Å². The molecule has 1 fully saturated rings. The smallest absolute Gasteiger partial charge is 0.338 e. The number of esters is 1. The molecular weight excluding hydrogens is 494 g/mol. The summed E-state index contributed by atoms with van der Waals surface area (Å²) < 4.78 is 5.40. The molecule has 8 heteroatoms. The lowest BCUT2D eigenvalue weighted by atomic mass is 10.1. The Morgan fingerprint density at radius 1 is 0.846 bits per heavy atom. The number of hydrogen-bond acceptors (Lipinski definition) is 5. The zero-order valence-corrected chi connectivity index (χ0v) is 24.7. The zero-order chi connectivity index (χ0) is 28.8. The maximum Gasteiger partial charge on any atom is 0.338 e. The number of nitrogens with zero attached hydrogens (tertiary/aromatic N) is 2. The van der Waals surface area contributed by atoms with Crippen molar-refractivity contribution in [1.29, 1.82) is 0 Å². The first kappa shape index (κ1) is 32.3. The third kappa shape index (κ3) is 11.0. The number of carbonyl (C=O) groups excluding carboxylic acids is 4. The molecule has 8 nitrogen and oxygen atoms in total. The molecule has 0 spiro atoms. The molecular formula is C31H49N3O5. The van der Waals surface area contributed by atoms with Crippen LogP contribution < -0.4 is 5.32 Å². The van der Waals surface area contributed by atoms with Gasteiger partial charge in [-0.2, -0.15) is 0 Å².